The van der Waals surface area contributed by atoms with Gasteiger partial charge < -0.3 is 29.1 Å². The third-order valence-electron chi connectivity index (χ3n) is 5.14. The number of benzene rings is 1. The van der Waals surface area contributed by atoms with Crippen molar-refractivity contribution >= 4 is 34.1 Å². The fraction of sp³-hybridized carbons (Fsp3) is 0.250. The normalized spacial score (nSPS) is 10.7. The molecule has 3 aromatic heterocycles. The molecule has 0 saturated carbocycles. The van der Waals surface area contributed by atoms with E-state index >= 15 is 0 Å². The summed E-state index contributed by atoms with van der Waals surface area (Å²) in [6.07, 6.45) is 1.74. The number of carbonyl (C=O) groups excluding carboxylic acids is 2. The van der Waals surface area contributed by atoms with Crippen molar-refractivity contribution < 1.29 is 33.3 Å². The van der Waals surface area contributed by atoms with E-state index in [1.54, 1.807) is 24.3 Å². The Bertz CT molecular complexity index is 1520. The van der Waals surface area contributed by atoms with E-state index in [0.717, 1.165) is 11.3 Å². The van der Waals surface area contributed by atoms with Gasteiger partial charge in [0.1, 0.15) is 17.3 Å². The van der Waals surface area contributed by atoms with E-state index in [1.807, 2.05) is 0 Å². The highest BCUT2D eigenvalue weighted by Crippen LogP contribution is 2.42. The average molecular weight is 557 g/mol. The van der Waals surface area contributed by atoms with Gasteiger partial charge in [-0.15, -0.1) is 10.2 Å². The molecule has 0 atom stereocenters. The van der Waals surface area contributed by atoms with Crippen LogP contribution in [0.25, 0.3) is 16.3 Å². The van der Waals surface area contributed by atoms with Crippen LogP contribution in [0.3, 0.4) is 0 Å². The number of aliphatic hydroxyl groups is 1. The summed E-state index contributed by atoms with van der Waals surface area (Å²) >= 11 is 0.975. The smallest absolute Gasteiger partial charge is 0.379 e. The zero-order valence-corrected chi connectivity index (χ0v) is 21.9. The minimum Gasteiger partial charge on any atom is -0.496 e. The zero-order valence-electron chi connectivity index (χ0n) is 21.1. The average Bonchev–Trinajstić information content (AvgIpc) is 3.57. The Morgan fingerprint density at radius 1 is 1.13 bits per heavy atom. The molecule has 0 unspecified atom stereocenters. The quantitative estimate of drug-likeness (QED) is 0.231. The van der Waals surface area contributed by atoms with Crippen LogP contribution in [-0.2, 0) is 4.79 Å². The summed E-state index contributed by atoms with van der Waals surface area (Å²) in [5.74, 6) is -0.500. The molecule has 1 aromatic carbocycles. The van der Waals surface area contributed by atoms with Gasteiger partial charge in [-0.1, -0.05) is 17.4 Å². The van der Waals surface area contributed by atoms with E-state index < -0.39 is 11.5 Å². The van der Waals surface area contributed by atoms with Crippen molar-refractivity contribution in [3.63, 3.8) is 0 Å². The molecule has 3 N–H and O–H groups in total. The first-order chi connectivity index (χ1) is 18.9. The first-order valence-corrected chi connectivity index (χ1v) is 12.3. The highest BCUT2D eigenvalue weighted by Gasteiger charge is 2.25. The van der Waals surface area contributed by atoms with Crippen LogP contribution < -0.4 is 30.5 Å². The minimum absolute atomic E-state index is 0.0265. The van der Waals surface area contributed by atoms with Gasteiger partial charge in [-0.25, -0.2) is 4.79 Å². The number of nitrogens with one attached hydrogen (secondary N) is 2. The largest absolute Gasteiger partial charge is 0.496 e. The van der Waals surface area contributed by atoms with E-state index in [0.29, 0.717) is 22.9 Å². The summed E-state index contributed by atoms with van der Waals surface area (Å²) in [4.78, 5) is 37.5. The summed E-state index contributed by atoms with van der Waals surface area (Å²) in [6.45, 7) is 1.24. The number of rotatable bonds is 11. The molecule has 4 aromatic rings. The van der Waals surface area contributed by atoms with Crippen LogP contribution in [0.2, 0.25) is 0 Å². The van der Waals surface area contributed by atoms with Crippen LogP contribution >= 0.6 is 11.3 Å². The molecule has 0 fully saturated rings. The molecule has 14 nitrogen and oxygen atoms in total. The number of amides is 2. The van der Waals surface area contributed by atoms with E-state index in [2.05, 4.69) is 25.9 Å². The molecule has 4 rings (SSSR count). The lowest BCUT2D eigenvalue weighted by Crippen LogP contribution is -2.17. The number of aromatic nitrogens is 4. The summed E-state index contributed by atoms with van der Waals surface area (Å²) in [7, 11) is 2.90. The molecule has 0 aliphatic heterocycles. The van der Waals surface area contributed by atoms with Gasteiger partial charge >= 0.3 is 5.63 Å². The van der Waals surface area contributed by atoms with Gasteiger partial charge in [-0.2, -0.15) is 9.78 Å². The number of methoxy groups -OCH3 is 2. The molecule has 0 aliphatic rings. The predicted octanol–water partition coefficient (Wildman–Crippen LogP) is 2.33. The zero-order chi connectivity index (χ0) is 27.9. The van der Waals surface area contributed by atoms with E-state index in [9.17, 15) is 14.4 Å². The molecule has 0 aliphatic carbocycles. The van der Waals surface area contributed by atoms with Crippen LogP contribution in [0.15, 0.2) is 45.7 Å². The standard InChI is InChI=1S/C24H24N6O8S/c1-13(32)26-18-8-9-25-30(18)24-29-28-23(39-24)27-21(33)17-12-14(20(22(34)38-17)37-11-5-10-31)19-15(35-2)6-4-7-16(19)36-3/h4,6-9,12,31H,5,10-11H2,1-3H3,(H,26,32)(H,27,28,33). The first-order valence-electron chi connectivity index (χ1n) is 11.5. The number of carbonyl (C=O) groups is 2. The summed E-state index contributed by atoms with van der Waals surface area (Å²) in [5.41, 5.74) is -0.359. The van der Waals surface area contributed by atoms with Crippen LogP contribution in [0, 0.1) is 0 Å². The van der Waals surface area contributed by atoms with Gasteiger partial charge in [0.05, 0.1) is 32.6 Å². The molecule has 0 bridgehead atoms. The minimum atomic E-state index is -0.919. The van der Waals surface area contributed by atoms with E-state index in [1.165, 1.54) is 38.1 Å². The Balaban J connectivity index is 1.69. The van der Waals surface area contributed by atoms with Crippen LogP contribution in [0.5, 0.6) is 17.2 Å². The Kier molecular flexibility index (Phi) is 8.53. The third kappa shape index (κ3) is 6.05. The van der Waals surface area contributed by atoms with Crippen molar-refractivity contribution in [3.8, 4) is 33.5 Å². The van der Waals surface area contributed by atoms with Crippen molar-refractivity contribution in [2.45, 2.75) is 13.3 Å². The molecule has 0 radical (unpaired) electrons. The number of anilines is 2. The molecule has 15 heteroatoms. The number of ether oxygens (including phenoxy) is 3. The fourth-order valence-corrected chi connectivity index (χ4v) is 4.23. The van der Waals surface area contributed by atoms with E-state index in [4.69, 9.17) is 23.7 Å². The lowest BCUT2D eigenvalue weighted by Gasteiger charge is -2.16. The van der Waals surface area contributed by atoms with E-state index in [-0.39, 0.29) is 52.9 Å². The van der Waals surface area contributed by atoms with Crippen LogP contribution in [0.1, 0.15) is 23.9 Å². The third-order valence-corrected chi connectivity index (χ3v) is 5.95. The second-order valence-electron chi connectivity index (χ2n) is 7.76. The fourth-order valence-electron chi connectivity index (χ4n) is 3.51. The van der Waals surface area contributed by atoms with Crippen molar-refractivity contribution in [2.75, 3.05) is 38.1 Å². The Labute approximate surface area is 225 Å². The first kappa shape index (κ1) is 27.3. The van der Waals surface area contributed by atoms with Gasteiger partial charge in [0, 0.05) is 31.6 Å². The topological polar surface area (TPSA) is 180 Å². The molecule has 204 valence electrons. The summed E-state index contributed by atoms with van der Waals surface area (Å²) in [6, 6.07) is 7.94. The lowest BCUT2D eigenvalue weighted by atomic mass is 10.0. The van der Waals surface area contributed by atoms with Crippen LogP contribution in [-0.4, -0.2) is 64.3 Å². The molecule has 0 saturated heterocycles. The Hall–Kier alpha value is -4.76. The van der Waals surface area contributed by atoms with Crippen molar-refractivity contribution in [1.82, 2.24) is 20.0 Å². The monoisotopic (exact) mass is 556 g/mol. The van der Waals surface area contributed by atoms with Crippen LogP contribution in [0.4, 0.5) is 10.9 Å². The lowest BCUT2D eigenvalue weighted by molar-refractivity contribution is -0.114. The number of hydrogen-bond donors (Lipinski definition) is 3. The Morgan fingerprint density at radius 2 is 1.87 bits per heavy atom. The predicted molar refractivity (Wildman–Crippen MR) is 140 cm³/mol. The second kappa shape index (κ2) is 12.2. The van der Waals surface area contributed by atoms with Gasteiger partial charge in [-0.05, 0) is 18.2 Å². The number of aliphatic hydroxyl groups excluding tert-OH is 1. The maximum Gasteiger partial charge on any atom is 0.379 e. The van der Waals surface area contributed by atoms with Gasteiger partial charge in [0.15, 0.2) is 5.76 Å². The molecule has 2 amide bonds. The highest BCUT2D eigenvalue weighted by molar-refractivity contribution is 7.17. The van der Waals surface area contributed by atoms with Gasteiger partial charge in [0.2, 0.25) is 21.9 Å². The second-order valence-corrected chi connectivity index (χ2v) is 8.71. The van der Waals surface area contributed by atoms with Gasteiger partial charge in [-0.3, -0.25) is 14.9 Å². The number of hydrogen-bond acceptors (Lipinski definition) is 12. The molecular formula is C24H24N6O8S. The van der Waals surface area contributed by atoms with Crippen molar-refractivity contribution in [2.24, 2.45) is 0 Å². The SMILES string of the molecule is COc1cccc(OC)c1-c1cc(C(=O)Nc2nnc(-n3nccc3NC(C)=O)s2)oc(=O)c1OCCCO. The Morgan fingerprint density at radius 3 is 2.54 bits per heavy atom. The van der Waals surface area contributed by atoms with Gasteiger partial charge in [0.25, 0.3) is 5.91 Å². The summed E-state index contributed by atoms with van der Waals surface area (Å²) in [5, 5.41) is 26.7. The molecule has 0 spiro atoms. The summed E-state index contributed by atoms with van der Waals surface area (Å²) < 4.78 is 23.2. The number of nitrogens with zero attached hydrogens (tertiary/aromatic N) is 4. The molecule has 3 heterocycles. The molecule has 39 heavy (non-hydrogen) atoms. The van der Waals surface area contributed by atoms with Crippen molar-refractivity contribution in [3.05, 3.63) is 52.7 Å². The highest BCUT2D eigenvalue weighted by atomic mass is 32.1. The maximum atomic E-state index is 13.1. The maximum absolute atomic E-state index is 13.1. The van der Waals surface area contributed by atoms with Crippen molar-refractivity contribution in [1.29, 1.82) is 0 Å². The molecular weight excluding hydrogens is 532 g/mol.